The second-order valence-electron chi connectivity index (χ2n) is 5.12. The summed E-state index contributed by atoms with van der Waals surface area (Å²) in [4.78, 5) is 2.44. The van der Waals surface area contributed by atoms with E-state index in [0.717, 1.165) is 25.4 Å². The summed E-state index contributed by atoms with van der Waals surface area (Å²) in [7, 11) is 0. The van der Waals surface area contributed by atoms with Crippen LogP contribution in [-0.4, -0.2) is 30.6 Å². The van der Waals surface area contributed by atoms with Gasteiger partial charge in [-0.2, -0.15) is 0 Å². The topological polar surface area (TPSA) is 28.4 Å². The van der Waals surface area contributed by atoms with Crippen molar-refractivity contribution in [2.45, 2.75) is 52.6 Å². The van der Waals surface area contributed by atoms with Crippen molar-refractivity contribution in [3.05, 3.63) is 24.2 Å². The van der Waals surface area contributed by atoms with E-state index in [-0.39, 0.29) is 0 Å². The monoisotopic (exact) mass is 252 g/mol. The maximum Gasteiger partial charge on any atom is 0.117 e. The number of nitrogens with one attached hydrogen (secondary N) is 1. The molecule has 0 aliphatic heterocycles. The maximum absolute atomic E-state index is 5.39. The fourth-order valence-corrected chi connectivity index (χ4v) is 2.00. The highest BCUT2D eigenvalue weighted by molar-refractivity contribution is 4.97. The Hall–Kier alpha value is -0.800. The first-order valence-corrected chi connectivity index (χ1v) is 7.20. The molecule has 0 atom stereocenters. The lowest BCUT2D eigenvalue weighted by Crippen LogP contribution is -2.25. The summed E-state index contributed by atoms with van der Waals surface area (Å²) in [6.45, 7) is 10.9. The molecule has 0 fully saturated rings. The highest BCUT2D eigenvalue weighted by atomic mass is 16.3. The quantitative estimate of drug-likeness (QED) is 0.648. The van der Waals surface area contributed by atoms with Crippen LogP contribution >= 0.6 is 0 Å². The molecule has 0 bridgehead atoms. The molecule has 3 nitrogen and oxygen atoms in total. The van der Waals surface area contributed by atoms with Gasteiger partial charge >= 0.3 is 0 Å². The van der Waals surface area contributed by atoms with E-state index in [1.165, 1.54) is 25.8 Å². The summed E-state index contributed by atoms with van der Waals surface area (Å²) in [5, 5.41) is 3.46. The molecular weight excluding hydrogens is 224 g/mol. The number of nitrogens with zero attached hydrogens (tertiary/aromatic N) is 1. The van der Waals surface area contributed by atoms with Crippen molar-refractivity contribution >= 4 is 0 Å². The van der Waals surface area contributed by atoms with E-state index in [0.29, 0.717) is 6.04 Å². The lowest BCUT2D eigenvalue weighted by atomic mass is 10.2. The van der Waals surface area contributed by atoms with Crippen molar-refractivity contribution in [1.29, 1.82) is 0 Å². The van der Waals surface area contributed by atoms with Gasteiger partial charge < -0.3 is 9.73 Å². The Morgan fingerprint density at radius 3 is 2.72 bits per heavy atom. The van der Waals surface area contributed by atoms with E-state index in [1.807, 2.05) is 6.07 Å². The molecule has 0 aromatic carbocycles. The van der Waals surface area contributed by atoms with Crippen molar-refractivity contribution in [2.24, 2.45) is 0 Å². The number of hydrogen-bond acceptors (Lipinski definition) is 3. The van der Waals surface area contributed by atoms with Gasteiger partial charge in [0.25, 0.3) is 0 Å². The summed E-state index contributed by atoms with van der Waals surface area (Å²) < 4.78 is 5.39. The molecule has 1 rings (SSSR count). The van der Waals surface area contributed by atoms with E-state index in [2.05, 4.69) is 37.1 Å². The number of hydrogen-bond donors (Lipinski definition) is 1. The standard InChI is InChI=1S/C15H28N2O/c1-4-17(13-15-9-8-12-18-15)11-7-5-6-10-16-14(2)3/h8-9,12,14,16H,4-7,10-11,13H2,1-3H3. The minimum atomic E-state index is 0.607. The van der Waals surface area contributed by atoms with Gasteiger partial charge in [0.15, 0.2) is 0 Å². The smallest absolute Gasteiger partial charge is 0.117 e. The van der Waals surface area contributed by atoms with Crippen LogP contribution in [0.15, 0.2) is 22.8 Å². The van der Waals surface area contributed by atoms with Gasteiger partial charge in [0, 0.05) is 6.04 Å². The molecule has 0 unspecified atom stereocenters. The van der Waals surface area contributed by atoms with E-state index >= 15 is 0 Å². The van der Waals surface area contributed by atoms with Crippen LogP contribution in [0.2, 0.25) is 0 Å². The van der Waals surface area contributed by atoms with Crippen LogP contribution in [0.3, 0.4) is 0 Å². The van der Waals surface area contributed by atoms with Crippen LogP contribution in [-0.2, 0) is 6.54 Å². The predicted molar refractivity (Wildman–Crippen MR) is 76.6 cm³/mol. The Labute approximate surface area is 112 Å². The SMILES string of the molecule is CCN(CCCCCNC(C)C)Cc1ccco1. The Morgan fingerprint density at radius 1 is 1.28 bits per heavy atom. The molecule has 18 heavy (non-hydrogen) atoms. The minimum absolute atomic E-state index is 0.607. The molecule has 0 aliphatic carbocycles. The van der Waals surface area contributed by atoms with Gasteiger partial charge in [0.1, 0.15) is 5.76 Å². The van der Waals surface area contributed by atoms with Crippen LogP contribution in [0.1, 0.15) is 45.8 Å². The van der Waals surface area contributed by atoms with Crippen molar-refractivity contribution in [3.63, 3.8) is 0 Å². The number of rotatable bonds is 10. The fourth-order valence-electron chi connectivity index (χ4n) is 2.00. The average Bonchev–Trinajstić information content (AvgIpc) is 2.84. The minimum Gasteiger partial charge on any atom is -0.468 e. The largest absolute Gasteiger partial charge is 0.468 e. The third-order valence-electron chi connectivity index (χ3n) is 3.11. The molecule has 1 aromatic heterocycles. The second-order valence-corrected chi connectivity index (χ2v) is 5.12. The summed E-state index contributed by atoms with van der Waals surface area (Å²) in [6.07, 6.45) is 5.60. The molecule has 1 aromatic rings. The molecule has 1 N–H and O–H groups in total. The summed E-state index contributed by atoms with van der Waals surface area (Å²) in [5.74, 6) is 1.07. The van der Waals surface area contributed by atoms with E-state index < -0.39 is 0 Å². The van der Waals surface area contributed by atoms with Gasteiger partial charge in [-0.1, -0.05) is 27.2 Å². The van der Waals surface area contributed by atoms with Crippen LogP contribution in [0, 0.1) is 0 Å². The molecule has 0 spiro atoms. The summed E-state index contributed by atoms with van der Waals surface area (Å²) in [5.41, 5.74) is 0. The zero-order valence-corrected chi connectivity index (χ0v) is 12.1. The first-order valence-electron chi connectivity index (χ1n) is 7.20. The molecule has 3 heteroatoms. The molecule has 0 amide bonds. The van der Waals surface area contributed by atoms with Gasteiger partial charge in [0.2, 0.25) is 0 Å². The van der Waals surface area contributed by atoms with E-state index in [4.69, 9.17) is 4.42 Å². The van der Waals surface area contributed by atoms with Crippen molar-refractivity contribution in [2.75, 3.05) is 19.6 Å². The number of furan rings is 1. The van der Waals surface area contributed by atoms with Gasteiger partial charge in [0.05, 0.1) is 12.8 Å². The molecule has 0 aliphatic rings. The lowest BCUT2D eigenvalue weighted by molar-refractivity contribution is 0.250. The zero-order valence-electron chi connectivity index (χ0n) is 12.1. The van der Waals surface area contributed by atoms with Crippen molar-refractivity contribution < 1.29 is 4.42 Å². The third kappa shape index (κ3) is 6.82. The van der Waals surface area contributed by atoms with Crippen LogP contribution < -0.4 is 5.32 Å². The summed E-state index contributed by atoms with van der Waals surface area (Å²) in [6, 6.07) is 4.62. The fraction of sp³-hybridized carbons (Fsp3) is 0.733. The Morgan fingerprint density at radius 2 is 2.11 bits per heavy atom. The normalized spacial score (nSPS) is 11.6. The van der Waals surface area contributed by atoms with Gasteiger partial charge in [-0.05, 0) is 44.6 Å². The molecule has 0 saturated heterocycles. The van der Waals surface area contributed by atoms with E-state index in [1.54, 1.807) is 6.26 Å². The molecule has 0 saturated carbocycles. The van der Waals surface area contributed by atoms with Crippen LogP contribution in [0.25, 0.3) is 0 Å². The van der Waals surface area contributed by atoms with Gasteiger partial charge in [-0.25, -0.2) is 0 Å². The Balaban J connectivity index is 2.05. The highest BCUT2D eigenvalue weighted by Gasteiger charge is 2.05. The average molecular weight is 252 g/mol. The molecule has 104 valence electrons. The molecular formula is C15H28N2O. The van der Waals surface area contributed by atoms with E-state index in [9.17, 15) is 0 Å². The number of unbranched alkanes of at least 4 members (excludes halogenated alkanes) is 2. The first-order chi connectivity index (χ1) is 8.72. The van der Waals surface area contributed by atoms with Gasteiger partial charge in [-0.15, -0.1) is 0 Å². The van der Waals surface area contributed by atoms with Crippen molar-refractivity contribution in [3.8, 4) is 0 Å². The lowest BCUT2D eigenvalue weighted by Gasteiger charge is -2.18. The predicted octanol–water partition coefficient (Wildman–Crippen LogP) is 3.27. The third-order valence-corrected chi connectivity index (χ3v) is 3.11. The first kappa shape index (κ1) is 15.3. The second kappa shape index (κ2) is 9.17. The zero-order chi connectivity index (χ0) is 13.2. The van der Waals surface area contributed by atoms with Gasteiger partial charge in [-0.3, -0.25) is 4.90 Å². The highest BCUT2D eigenvalue weighted by Crippen LogP contribution is 2.07. The Bertz CT molecular complexity index is 283. The molecule has 1 heterocycles. The molecule has 0 radical (unpaired) electrons. The Kier molecular flexibility index (Phi) is 7.78. The maximum atomic E-state index is 5.39. The summed E-state index contributed by atoms with van der Waals surface area (Å²) >= 11 is 0. The van der Waals surface area contributed by atoms with Crippen molar-refractivity contribution in [1.82, 2.24) is 10.2 Å². The van der Waals surface area contributed by atoms with Crippen LogP contribution in [0.5, 0.6) is 0 Å². The van der Waals surface area contributed by atoms with Crippen LogP contribution in [0.4, 0.5) is 0 Å².